The minimum Gasteiger partial charge on any atom is -0.310 e. The highest BCUT2D eigenvalue weighted by atomic mass is 15.1. The molecule has 330 valence electrons. The van der Waals surface area contributed by atoms with Crippen LogP contribution in [0.3, 0.4) is 0 Å². The van der Waals surface area contributed by atoms with E-state index in [4.69, 9.17) is 0 Å². The number of hydrogen-bond acceptors (Lipinski definition) is 1. The second-order valence-corrected chi connectivity index (χ2v) is 19.2. The summed E-state index contributed by atoms with van der Waals surface area (Å²) in [6.07, 6.45) is 0. The second-order valence-electron chi connectivity index (χ2n) is 19.2. The van der Waals surface area contributed by atoms with Crippen molar-refractivity contribution in [2.75, 3.05) is 4.90 Å². The van der Waals surface area contributed by atoms with Crippen molar-refractivity contribution in [3.05, 3.63) is 289 Å². The lowest BCUT2D eigenvalue weighted by atomic mass is 9.70. The Labute approximate surface area is 412 Å². The maximum absolute atomic E-state index is 2.49. The lowest BCUT2D eigenvalue weighted by Gasteiger charge is -2.32. The first kappa shape index (κ1) is 39.7. The van der Waals surface area contributed by atoms with E-state index in [1.807, 2.05) is 0 Å². The molecule has 0 unspecified atom stereocenters. The van der Waals surface area contributed by atoms with E-state index in [0.717, 1.165) is 17.1 Å². The van der Waals surface area contributed by atoms with E-state index < -0.39 is 5.41 Å². The van der Waals surface area contributed by atoms with Gasteiger partial charge in [0.1, 0.15) is 0 Å². The quantitative estimate of drug-likeness (QED) is 0.161. The molecule has 0 aliphatic heterocycles. The summed E-state index contributed by atoms with van der Waals surface area (Å²) in [6.45, 7) is 0. The minimum atomic E-state index is -0.433. The Bertz CT molecular complexity index is 4210. The summed E-state index contributed by atoms with van der Waals surface area (Å²) < 4.78 is 2.43. The van der Waals surface area contributed by atoms with Gasteiger partial charge < -0.3 is 9.47 Å². The molecule has 2 nitrogen and oxygen atoms in total. The molecule has 1 spiro atoms. The standard InChI is InChI=1S/C69H44N2/c1-3-19-53-48(15-1)17-13-29-65(53)70(52-40-41-58-57-23-7-11-27-63(57)69(64(58)44-52)61-25-9-5-21-55(61)56-22-6-10-26-62(56)69)51-38-35-46(36-39-51)45-31-33-47(34-32-45)50-37-42-68-60(43-50)59-24-8-12-28-67(59)71(68)66-30-14-18-49-16-2-4-20-54(49)66/h1-44H. The Morgan fingerprint density at radius 3 is 1.42 bits per heavy atom. The molecule has 12 aromatic carbocycles. The highest BCUT2D eigenvalue weighted by Crippen LogP contribution is 2.63. The molecule has 0 atom stereocenters. The van der Waals surface area contributed by atoms with E-state index in [0.29, 0.717) is 0 Å². The SMILES string of the molecule is c1ccc2c(c1)-c1ccccc1C21c2ccccc2-c2ccc(N(c3ccc(-c4ccc(-c5ccc6c(c5)c5ccccc5n6-c5cccc6ccccc56)cc4)cc3)c3cccc4ccccc34)cc21. The summed E-state index contributed by atoms with van der Waals surface area (Å²) in [5, 5.41) is 7.42. The Morgan fingerprint density at radius 1 is 0.282 bits per heavy atom. The average molecular weight is 901 g/mol. The fourth-order valence-corrected chi connectivity index (χ4v) is 12.5. The normalized spacial score (nSPS) is 12.9. The van der Waals surface area contributed by atoms with Crippen LogP contribution in [0.15, 0.2) is 267 Å². The van der Waals surface area contributed by atoms with Crippen molar-refractivity contribution in [1.82, 2.24) is 4.57 Å². The van der Waals surface area contributed by atoms with Gasteiger partial charge in [0.2, 0.25) is 0 Å². The number of benzene rings is 12. The van der Waals surface area contributed by atoms with Crippen molar-refractivity contribution in [2.24, 2.45) is 0 Å². The maximum atomic E-state index is 2.49. The summed E-state index contributed by atoms with van der Waals surface area (Å²) in [5.41, 5.74) is 21.9. The molecule has 1 aromatic heterocycles. The van der Waals surface area contributed by atoms with Crippen molar-refractivity contribution in [1.29, 1.82) is 0 Å². The largest absolute Gasteiger partial charge is 0.310 e. The zero-order valence-corrected chi connectivity index (χ0v) is 38.8. The van der Waals surface area contributed by atoms with Gasteiger partial charge in [-0.25, -0.2) is 0 Å². The lowest BCUT2D eigenvalue weighted by molar-refractivity contribution is 0.793. The van der Waals surface area contributed by atoms with Crippen molar-refractivity contribution >= 4 is 60.4 Å². The molecular weight excluding hydrogens is 857 g/mol. The van der Waals surface area contributed by atoms with Crippen LogP contribution < -0.4 is 4.90 Å². The van der Waals surface area contributed by atoms with Gasteiger partial charge in [0, 0.05) is 32.9 Å². The molecule has 0 saturated carbocycles. The molecule has 0 amide bonds. The Balaban J connectivity index is 0.823. The van der Waals surface area contributed by atoms with E-state index >= 15 is 0 Å². The van der Waals surface area contributed by atoms with Crippen molar-refractivity contribution in [3.63, 3.8) is 0 Å². The number of hydrogen-bond donors (Lipinski definition) is 0. The lowest BCUT2D eigenvalue weighted by Crippen LogP contribution is -2.26. The van der Waals surface area contributed by atoms with Crippen molar-refractivity contribution in [3.8, 4) is 50.2 Å². The van der Waals surface area contributed by atoms with Crippen LogP contribution in [0.1, 0.15) is 22.3 Å². The van der Waals surface area contributed by atoms with Crippen LogP contribution in [-0.2, 0) is 5.41 Å². The van der Waals surface area contributed by atoms with Crippen molar-refractivity contribution < 1.29 is 0 Å². The van der Waals surface area contributed by atoms with Gasteiger partial charge in [0.15, 0.2) is 0 Å². The van der Waals surface area contributed by atoms with E-state index in [1.54, 1.807) is 0 Å². The fourth-order valence-electron chi connectivity index (χ4n) is 12.5. The summed E-state index contributed by atoms with van der Waals surface area (Å²) in [4.78, 5) is 2.46. The molecule has 13 aromatic rings. The molecule has 0 radical (unpaired) electrons. The van der Waals surface area contributed by atoms with E-state index in [-0.39, 0.29) is 0 Å². The van der Waals surface area contributed by atoms with Crippen LogP contribution in [-0.4, -0.2) is 4.57 Å². The van der Waals surface area contributed by atoms with Gasteiger partial charge in [-0.15, -0.1) is 0 Å². The smallest absolute Gasteiger partial charge is 0.0726 e. The van der Waals surface area contributed by atoms with Crippen LogP contribution >= 0.6 is 0 Å². The van der Waals surface area contributed by atoms with Crippen LogP contribution in [0.2, 0.25) is 0 Å². The summed E-state index contributed by atoms with van der Waals surface area (Å²) in [7, 11) is 0. The first-order valence-corrected chi connectivity index (χ1v) is 24.7. The molecule has 2 aliphatic carbocycles. The van der Waals surface area contributed by atoms with E-state index in [2.05, 4.69) is 276 Å². The van der Waals surface area contributed by atoms with Gasteiger partial charge in [-0.05, 0) is 132 Å². The van der Waals surface area contributed by atoms with Crippen molar-refractivity contribution in [2.45, 2.75) is 5.41 Å². The van der Waals surface area contributed by atoms with Gasteiger partial charge in [-0.2, -0.15) is 0 Å². The molecule has 0 bridgehead atoms. The molecule has 2 aliphatic rings. The third-order valence-corrected chi connectivity index (χ3v) is 15.6. The number of nitrogens with zero attached hydrogens (tertiary/aromatic N) is 2. The van der Waals surface area contributed by atoms with Crippen LogP contribution in [0, 0.1) is 0 Å². The van der Waals surface area contributed by atoms with Crippen LogP contribution in [0.5, 0.6) is 0 Å². The Morgan fingerprint density at radius 2 is 0.746 bits per heavy atom. The molecule has 71 heavy (non-hydrogen) atoms. The third kappa shape index (κ3) is 5.77. The monoisotopic (exact) mass is 900 g/mol. The molecule has 0 N–H and O–H groups in total. The number of fused-ring (bicyclic) bond motifs is 15. The van der Waals surface area contributed by atoms with Gasteiger partial charge in [-0.3, -0.25) is 0 Å². The fraction of sp³-hybridized carbons (Fsp3) is 0.0145. The van der Waals surface area contributed by atoms with E-state index in [1.165, 1.54) is 116 Å². The van der Waals surface area contributed by atoms with Crippen LogP contribution in [0.4, 0.5) is 17.1 Å². The van der Waals surface area contributed by atoms with E-state index in [9.17, 15) is 0 Å². The van der Waals surface area contributed by atoms with Gasteiger partial charge in [-0.1, -0.05) is 212 Å². The molecular formula is C69H44N2. The zero-order valence-electron chi connectivity index (χ0n) is 38.8. The molecule has 0 fully saturated rings. The van der Waals surface area contributed by atoms with Gasteiger partial charge in [0.05, 0.1) is 27.8 Å². The molecule has 1 heterocycles. The topological polar surface area (TPSA) is 8.17 Å². The molecule has 0 saturated heterocycles. The predicted molar refractivity (Wildman–Crippen MR) is 298 cm³/mol. The van der Waals surface area contributed by atoms with Crippen LogP contribution in [0.25, 0.3) is 93.5 Å². The second kappa shape index (κ2) is 15.4. The van der Waals surface area contributed by atoms with Gasteiger partial charge >= 0.3 is 0 Å². The first-order valence-electron chi connectivity index (χ1n) is 24.7. The number of rotatable bonds is 6. The highest BCUT2D eigenvalue weighted by molar-refractivity contribution is 6.12. The summed E-state index contributed by atoms with van der Waals surface area (Å²) >= 11 is 0. The number of aromatic nitrogens is 1. The maximum Gasteiger partial charge on any atom is 0.0726 e. The summed E-state index contributed by atoms with van der Waals surface area (Å²) in [5.74, 6) is 0. The molecule has 2 heteroatoms. The van der Waals surface area contributed by atoms with Gasteiger partial charge in [0.25, 0.3) is 0 Å². The Hall–Kier alpha value is -9.24. The third-order valence-electron chi connectivity index (χ3n) is 15.6. The summed E-state index contributed by atoms with van der Waals surface area (Å²) in [6, 6.07) is 99.0. The number of para-hydroxylation sites is 1. The minimum absolute atomic E-state index is 0.433. The molecule has 15 rings (SSSR count). The Kier molecular flexibility index (Phi) is 8.61. The average Bonchev–Trinajstić information content (AvgIpc) is 4.05. The first-order chi connectivity index (χ1) is 35.2. The zero-order chi connectivity index (χ0) is 46.6. The number of anilines is 3. The predicted octanol–water partition coefficient (Wildman–Crippen LogP) is 18.2. The highest BCUT2D eigenvalue weighted by Gasteiger charge is 2.51.